The molecular formula is C16H25F3N6. The number of aromatic nitrogens is 1. The molecule has 1 fully saturated rings. The number of likely N-dealkylation sites (tertiary alicyclic amines) is 1. The van der Waals surface area contributed by atoms with Gasteiger partial charge in [0.05, 0.1) is 12.1 Å². The van der Waals surface area contributed by atoms with Crippen LogP contribution in [0.3, 0.4) is 0 Å². The minimum atomic E-state index is -4.43. The molecule has 6 nitrogen and oxygen atoms in total. The van der Waals surface area contributed by atoms with E-state index < -0.39 is 11.7 Å². The third kappa shape index (κ3) is 5.77. The summed E-state index contributed by atoms with van der Waals surface area (Å²) in [7, 11) is 0. The Bertz CT molecular complexity index is 575. The highest BCUT2D eigenvalue weighted by molar-refractivity contribution is 5.77. The van der Waals surface area contributed by atoms with Crippen LogP contribution in [0.15, 0.2) is 23.3 Å². The van der Waals surface area contributed by atoms with Crippen LogP contribution in [0, 0.1) is 0 Å². The van der Waals surface area contributed by atoms with E-state index in [4.69, 9.17) is 5.73 Å². The van der Waals surface area contributed by atoms with Crippen LogP contribution in [0.5, 0.6) is 0 Å². The van der Waals surface area contributed by atoms with E-state index in [2.05, 4.69) is 32.4 Å². The molecule has 1 atom stereocenters. The summed E-state index contributed by atoms with van der Waals surface area (Å²) in [4.78, 5) is 10.4. The molecular weight excluding hydrogens is 333 g/mol. The quantitative estimate of drug-likeness (QED) is 0.394. The first-order valence-electron chi connectivity index (χ1n) is 8.45. The van der Waals surface area contributed by atoms with Crippen molar-refractivity contribution in [3.63, 3.8) is 0 Å². The van der Waals surface area contributed by atoms with Crippen LogP contribution in [-0.2, 0) is 6.18 Å². The van der Waals surface area contributed by atoms with Gasteiger partial charge >= 0.3 is 6.18 Å². The Kier molecular flexibility index (Phi) is 6.86. The fourth-order valence-electron chi connectivity index (χ4n) is 2.92. The number of nitrogens with two attached hydrogens (primary N) is 1. The Hall–Kier alpha value is -2.03. The van der Waals surface area contributed by atoms with E-state index in [1.807, 2.05) is 0 Å². The number of alkyl halides is 3. The van der Waals surface area contributed by atoms with E-state index in [0.29, 0.717) is 25.1 Å². The molecule has 2 rings (SSSR count). The maximum atomic E-state index is 12.9. The third-order valence-corrected chi connectivity index (χ3v) is 4.21. The van der Waals surface area contributed by atoms with Gasteiger partial charge in [-0.15, -0.1) is 0 Å². The number of hydrogen-bond acceptors (Lipinski definition) is 4. The third-order valence-electron chi connectivity index (χ3n) is 4.21. The summed E-state index contributed by atoms with van der Waals surface area (Å²) in [5.74, 6) is 0.124. The summed E-state index contributed by atoms with van der Waals surface area (Å²) in [6.45, 7) is 5.47. The molecule has 140 valence electrons. The second kappa shape index (κ2) is 8.89. The van der Waals surface area contributed by atoms with Crippen molar-refractivity contribution in [2.75, 3.05) is 38.0 Å². The molecule has 2 heterocycles. The molecule has 0 radical (unpaired) electrons. The van der Waals surface area contributed by atoms with Crippen molar-refractivity contribution >= 4 is 11.8 Å². The largest absolute Gasteiger partial charge is 0.419 e. The molecule has 1 saturated heterocycles. The Labute approximate surface area is 145 Å². The Morgan fingerprint density at radius 1 is 1.44 bits per heavy atom. The Balaban J connectivity index is 1.75. The monoisotopic (exact) mass is 358 g/mol. The van der Waals surface area contributed by atoms with Crippen molar-refractivity contribution < 1.29 is 13.2 Å². The predicted octanol–water partition coefficient (Wildman–Crippen LogP) is 1.90. The molecule has 0 saturated carbocycles. The number of nitrogens with zero attached hydrogens (tertiary/aromatic N) is 3. The minimum Gasteiger partial charge on any atom is -0.370 e. The van der Waals surface area contributed by atoms with Gasteiger partial charge in [0.2, 0.25) is 0 Å². The van der Waals surface area contributed by atoms with Crippen molar-refractivity contribution in [2.45, 2.75) is 32.0 Å². The van der Waals surface area contributed by atoms with Crippen molar-refractivity contribution in [2.24, 2.45) is 10.7 Å². The van der Waals surface area contributed by atoms with Crippen molar-refractivity contribution in [1.82, 2.24) is 15.2 Å². The van der Waals surface area contributed by atoms with E-state index >= 15 is 0 Å². The highest BCUT2D eigenvalue weighted by Gasteiger charge is 2.33. The topological polar surface area (TPSA) is 78.6 Å². The molecule has 4 N–H and O–H groups in total. The summed E-state index contributed by atoms with van der Waals surface area (Å²) in [5.41, 5.74) is 5.03. The first kappa shape index (κ1) is 19.3. The predicted molar refractivity (Wildman–Crippen MR) is 92.5 cm³/mol. The van der Waals surface area contributed by atoms with Gasteiger partial charge in [-0.1, -0.05) is 6.92 Å². The fourth-order valence-corrected chi connectivity index (χ4v) is 2.92. The molecule has 1 aliphatic rings. The summed E-state index contributed by atoms with van der Waals surface area (Å²) in [5, 5.41) is 5.58. The molecule has 9 heteroatoms. The molecule has 0 bridgehead atoms. The number of aliphatic imine (C=N–C) groups is 1. The lowest BCUT2D eigenvalue weighted by Gasteiger charge is -2.21. The average Bonchev–Trinajstić information content (AvgIpc) is 3.04. The second-order valence-corrected chi connectivity index (χ2v) is 5.90. The van der Waals surface area contributed by atoms with Gasteiger partial charge in [-0.05, 0) is 38.1 Å². The van der Waals surface area contributed by atoms with Gasteiger partial charge in [0.1, 0.15) is 5.82 Å². The smallest absolute Gasteiger partial charge is 0.370 e. The maximum Gasteiger partial charge on any atom is 0.419 e. The highest BCUT2D eigenvalue weighted by atomic mass is 19.4. The van der Waals surface area contributed by atoms with Gasteiger partial charge in [0, 0.05) is 25.3 Å². The second-order valence-electron chi connectivity index (χ2n) is 5.90. The van der Waals surface area contributed by atoms with Crippen molar-refractivity contribution in [3.8, 4) is 0 Å². The molecule has 1 aromatic heterocycles. The molecule has 0 spiro atoms. The van der Waals surface area contributed by atoms with Gasteiger partial charge in [-0.3, -0.25) is 9.89 Å². The van der Waals surface area contributed by atoms with Crippen LogP contribution in [0.4, 0.5) is 19.0 Å². The molecule has 1 aromatic rings. The van der Waals surface area contributed by atoms with Gasteiger partial charge in [0.15, 0.2) is 5.96 Å². The molecule has 0 amide bonds. The van der Waals surface area contributed by atoms with E-state index in [1.54, 1.807) is 0 Å². The normalized spacial score (nSPS) is 19.2. The summed E-state index contributed by atoms with van der Waals surface area (Å²) >= 11 is 0. The highest BCUT2D eigenvalue weighted by Crippen LogP contribution is 2.33. The van der Waals surface area contributed by atoms with Crippen LogP contribution >= 0.6 is 0 Å². The SMILES string of the molecule is CCN1CCCC1CN=C(N)NCCNc1ncccc1C(F)(F)F. The Morgan fingerprint density at radius 2 is 2.24 bits per heavy atom. The zero-order valence-electron chi connectivity index (χ0n) is 14.3. The van der Waals surface area contributed by atoms with E-state index in [0.717, 1.165) is 25.6 Å². The number of hydrogen-bond donors (Lipinski definition) is 3. The lowest BCUT2D eigenvalue weighted by molar-refractivity contribution is -0.137. The molecule has 1 unspecified atom stereocenters. The van der Waals surface area contributed by atoms with Crippen LogP contribution in [0.1, 0.15) is 25.3 Å². The van der Waals surface area contributed by atoms with Gasteiger partial charge in [-0.25, -0.2) is 4.98 Å². The van der Waals surface area contributed by atoms with Gasteiger partial charge < -0.3 is 16.4 Å². The molecule has 0 aliphatic carbocycles. The lowest BCUT2D eigenvalue weighted by atomic mass is 10.2. The maximum absolute atomic E-state index is 12.9. The summed E-state index contributed by atoms with van der Waals surface area (Å²) < 4.78 is 38.6. The molecule has 25 heavy (non-hydrogen) atoms. The fraction of sp³-hybridized carbons (Fsp3) is 0.625. The van der Waals surface area contributed by atoms with E-state index in [-0.39, 0.29) is 12.4 Å². The van der Waals surface area contributed by atoms with E-state index in [1.165, 1.54) is 18.7 Å². The number of guanidine groups is 1. The number of likely N-dealkylation sites (N-methyl/N-ethyl adjacent to an activating group) is 1. The lowest BCUT2D eigenvalue weighted by Crippen LogP contribution is -2.37. The summed E-state index contributed by atoms with van der Waals surface area (Å²) in [6, 6.07) is 2.69. The number of pyridine rings is 1. The first-order valence-corrected chi connectivity index (χ1v) is 8.45. The van der Waals surface area contributed by atoms with Crippen LogP contribution in [0.25, 0.3) is 0 Å². The number of rotatable bonds is 7. The number of halogens is 3. The summed E-state index contributed by atoms with van der Waals surface area (Å²) in [6.07, 6.45) is -0.818. The Morgan fingerprint density at radius 3 is 2.96 bits per heavy atom. The molecule has 0 aromatic carbocycles. The first-order chi connectivity index (χ1) is 11.9. The van der Waals surface area contributed by atoms with Crippen LogP contribution < -0.4 is 16.4 Å². The van der Waals surface area contributed by atoms with E-state index in [9.17, 15) is 13.2 Å². The van der Waals surface area contributed by atoms with Crippen LogP contribution in [0.2, 0.25) is 0 Å². The average molecular weight is 358 g/mol. The van der Waals surface area contributed by atoms with Gasteiger partial charge in [0.25, 0.3) is 0 Å². The van der Waals surface area contributed by atoms with Gasteiger partial charge in [-0.2, -0.15) is 13.2 Å². The molecule has 1 aliphatic heterocycles. The number of nitrogens with one attached hydrogen (secondary N) is 2. The zero-order chi connectivity index (χ0) is 18.3. The zero-order valence-corrected chi connectivity index (χ0v) is 14.3. The standard InChI is InChI=1S/C16H25F3N6/c1-2-25-10-4-5-12(25)11-24-15(20)23-9-8-22-14-13(16(17,18)19)6-3-7-21-14/h3,6-7,12H,2,4-5,8-11H2,1H3,(H,21,22)(H3,20,23,24). The van der Waals surface area contributed by atoms with Crippen LogP contribution in [-0.4, -0.2) is 54.6 Å². The van der Waals surface area contributed by atoms with Crippen molar-refractivity contribution in [1.29, 1.82) is 0 Å². The number of anilines is 1. The van der Waals surface area contributed by atoms with Crippen molar-refractivity contribution in [3.05, 3.63) is 23.9 Å². The minimum absolute atomic E-state index is 0.183.